The van der Waals surface area contributed by atoms with Crippen LogP contribution in [0.3, 0.4) is 0 Å². The third kappa shape index (κ3) is 6.11. The van der Waals surface area contributed by atoms with E-state index in [4.69, 9.17) is 9.15 Å². The Balaban J connectivity index is 1.10. The van der Waals surface area contributed by atoms with Crippen molar-refractivity contribution < 1.29 is 9.15 Å². The fourth-order valence-corrected chi connectivity index (χ4v) is 11.4. The molecular formula is C63H56N2O2. The highest BCUT2D eigenvalue weighted by molar-refractivity contribution is 6.28. The lowest BCUT2D eigenvalue weighted by Gasteiger charge is -2.37. The van der Waals surface area contributed by atoms with Crippen LogP contribution in [-0.2, 0) is 10.8 Å². The van der Waals surface area contributed by atoms with Crippen molar-refractivity contribution in [2.75, 3.05) is 9.80 Å². The number of ether oxygens (including phenoxy) is 1. The lowest BCUT2D eigenvalue weighted by molar-refractivity contribution is 0.188. The predicted octanol–water partition coefficient (Wildman–Crippen LogP) is 17.9. The van der Waals surface area contributed by atoms with Crippen LogP contribution < -0.4 is 14.5 Å². The van der Waals surface area contributed by atoms with Crippen molar-refractivity contribution in [3.8, 4) is 5.75 Å². The van der Waals surface area contributed by atoms with Crippen molar-refractivity contribution in [2.24, 2.45) is 5.41 Å². The molecule has 4 heteroatoms. The van der Waals surface area contributed by atoms with Crippen molar-refractivity contribution in [1.29, 1.82) is 0 Å². The maximum absolute atomic E-state index is 7.31. The highest BCUT2D eigenvalue weighted by Gasteiger charge is 2.50. The Kier molecular flexibility index (Phi) is 8.97. The number of furan rings is 1. The summed E-state index contributed by atoms with van der Waals surface area (Å²) in [5.41, 5.74) is 14.0. The van der Waals surface area contributed by atoms with Gasteiger partial charge in [-0.3, -0.25) is 0 Å². The second-order valence-electron chi connectivity index (χ2n) is 21.2. The molecule has 0 amide bonds. The van der Waals surface area contributed by atoms with Gasteiger partial charge in [0.25, 0.3) is 0 Å². The molecule has 0 saturated carbocycles. The third-order valence-electron chi connectivity index (χ3n) is 14.8. The molecule has 1 aliphatic heterocycles. The molecule has 0 fully saturated rings. The number of benzene rings is 9. The number of allylic oxidation sites excluding steroid dienone is 2. The molecule has 0 spiro atoms. The van der Waals surface area contributed by atoms with Crippen LogP contribution in [0.25, 0.3) is 54.3 Å². The summed E-state index contributed by atoms with van der Waals surface area (Å²) >= 11 is 0. The number of rotatable bonds is 6. The molecular weight excluding hydrogens is 817 g/mol. The smallest absolute Gasteiger partial charge is 0.159 e. The first-order valence-corrected chi connectivity index (χ1v) is 23.8. The van der Waals surface area contributed by atoms with E-state index in [1.807, 2.05) is 0 Å². The lowest BCUT2D eigenvalue weighted by Crippen LogP contribution is -2.40. The van der Waals surface area contributed by atoms with Crippen LogP contribution in [0.4, 0.5) is 34.1 Å². The topological polar surface area (TPSA) is 28.9 Å². The van der Waals surface area contributed by atoms with E-state index in [2.05, 4.69) is 242 Å². The Bertz CT molecular complexity index is 3700. The first-order chi connectivity index (χ1) is 32.2. The van der Waals surface area contributed by atoms with E-state index in [-0.39, 0.29) is 22.3 Å². The largest absolute Gasteiger partial charge is 0.482 e. The van der Waals surface area contributed by atoms with E-state index in [0.717, 1.165) is 61.8 Å². The van der Waals surface area contributed by atoms with Gasteiger partial charge in [-0.15, -0.1) is 0 Å². The van der Waals surface area contributed by atoms with E-state index < -0.39 is 0 Å². The van der Waals surface area contributed by atoms with Crippen molar-refractivity contribution in [2.45, 2.75) is 79.2 Å². The van der Waals surface area contributed by atoms with Crippen molar-refractivity contribution in [1.82, 2.24) is 0 Å². The van der Waals surface area contributed by atoms with Gasteiger partial charge in [0.05, 0.1) is 28.2 Å². The molecule has 67 heavy (non-hydrogen) atoms. The minimum Gasteiger partial charge on any atom is -0.482 e. The van der Waals surface area contributed by atoms with Gasteiger partial charge in [-0.2, -0.15) is 0 Å². The Morgan fingerprint density at radius 3 is 1.60 bits per heavy atom. The Hall–Kier alpha value is -7.30. The number of para-hydroxylation sites is 5. The SMILES string of the molecule is Cc1ccccc1N(c1cccc2c1OC1C(C(C)(C)C)=CC=CC21C)c1ccc2ccc3c(N(c4ccccc4C)c4cccc5c4oc4c(C(C)(C)C)cccc45)ccc4ccc1c2c43. The first-order valence-electron chi connectivity index (χ1n) is 23.8. The van der Waals surface area contributed by atoms with E-state index >= 15 is 0 Å². The molecule has 330 valence electrons. The number of anilines is 6. The zero-order chi connectivity index (χ0) is 46.1. The number of hydrogen-bond acceptors (Lipinski definition) is 4. The molecule has 2 atom stereocenters. The molecule has 2 unspecified atom stereocenters. The van der Waals surface area contributed by atoms with Gasteiger partial charge in [-0.1, -0.05) is 175 Å². The van der Waals surface area contributed by atoms with Gasteiger partial charge < -0.3 is 19.0 Å². The molecule has 4 nitrogen and oxygen atoms in total. The average Bonchev–Trinajstić information content (AvgIpc) is 3.85. The first kappa shape index (κ1) is 41.2. The summed E-state index contributed by atoms with van der Waals surface area (Å²) in [5, 5.41) is 9.49. The Labute approximate surface area is 393 Å². The molecule has 0 saturated heterocycles. The zero-order valence-electron chi connectivity index (χ0n) is 40.0. The van der Waals surface area contributed by atoms with Gasteiger partial charge in [0.2, 0.25) is 0 Å². The van der Waals surface area contributed by atoms with Crippen LogP contribution in [0, 0.1) is 19.3 Å². The quantitative estimate of drug-likeness (QED) is 0.156. The lowest BCUT2D eigenvalue weighted by atomic mass is 9.68. The number of nitrogens with zero attached hydrogens (tertiary/aromatic N) is 2. The predicted molar refractivity (Wildman–Crippen MR) is 283 cm³/mol. The van der Waals surface area contributed by atoms with Gasteiger partial charge in [0.15, 0.2) is 5.58 Å². The molecule has 12 rings (SSSR count). The van der Waals surface area contributed by atoms with Crippen molar-refractivity contribution >= 4 is 88.4 Å². The van der Waals surface area contributed by atoms with E-state index in [1.165, 1.54) is 60.1 Å². The average molecular weight is 873 g/mol. The molecule has 1 aliphatic carbocycles. The summed E-state index contributed by atoms with van der Waals surface area (Å²) in [4.78, 5) is 4.89. The fourth-order valence-electron chi connectivity index (χ4n) is 11.4. The van der Waals surface area contributed by atoms with E-state index in [1.54, 1.807) is 0 Å². The van der Waals surface area contributed by atoms with Gasteiger partial charge >= 0.3 is 0 Å². The molecule has 2 aliphatic rings. The van der Waals surface area contributed by atoms with Gasteiger partial charge in [-0.25, -0.2) is 0 Å². The van der Waals surface area contributed by atoms with Gasteiger partial charge in [-0.05, 0) is 106 Å². The monoisotopic (exact) mass is 872 g/mol. The summed E-state index contributed by atoms with van der Waals surface area (Å²) in [6.07, 6.45) is 6.74. The number of fused-ring (bicyclic) bond motifs is 6. The minimum atomic E-state index is -0.302. The maximum Gasteiger partial charge on any atom is 0.159 e. The number of aryl methyl sites for hydroxylation is 2. The molecule has 2 heterocycles. The maximum atomic E-state index is 7.31. The molecule has 0 bridgehead atoms. The van der Waals surface area contributed by atoms with Gasteiger partial charge in [0.1, 0.15) is 17.4 Å². The van der Waals surface area contributed by atoms with Crippen LogP contribution in [0.1, 0.15) is 70.7 Å². The van der Waals surface area contributed by atoms with E-state index in [9.17, 15) is 0 Å². The Morgan fingerprint density at radius 2 is 1.00 bits per heavy atom. The highest BCUT2D eigenvalue weighted by Crippen LogP contribution is 2.57. The Morgan fingerprint density at radius 1 is 0.478 bits per heavy atom. The van der Waals surface area contributed by atoms with Crippen LogP contribution in [0.5, 0.6) is 5.75 Å². The van der Waals surface area contributed by atoms with Crippen LogP contribution in [0.2, 0.25) is 0 Å². The molecule has 10 aromatic rings. The molecule has 9 aromatic carbocycles. The number of hydrogen-bond donors (Lipinski definition) is 0. The third-order valence-corrected chi connectivity index (χ3v) is 14.8. The molecule has 1 aromatic heterocycles. The van der Waals surface area contributed by atoms with Gasteiger partial charge in [0, 0.05) is 44.0 Å². The molecule has 0 radical (unpaired) electrons. The summed E-state index contributed by atoms with van der Waals surface area (Å²) in [6, 6.07) is 55.9. The summed E-state index contributed by atoms with van der Waals surface area (Å²) < 4.78 is 14.4. The second-order valence-corrected chi connectivity index (χ2v) is 21.2. The van der Waals surface area contributed by atoms with Crippen LogP contribution >= 0.6 is 0 Å². The summed E-state index contributed by atoms with van der Waals surface area (Å²) in [5.74, 6) is 0.941. The van der Waals surface area contributed by atoms with Crippen molar-refractivity contribution in [3.05, 3.63) is 198 Å². The highest BCUT2D eigenvalue weighted by atomic mass is 16.5. The van der Waals surface area contributed by atoms with Crippen LogP contribution in [0.15, 0.2) is 180 Å². The second kappa shape index (κ2) is 14.6. The zero-order valence-corrected chi connectivity index (χ0v) is 40.0. The normalized spacial score (nSPS) is 17.1. The fraction of sp³-hybridized carbons (Fsp3) is 0.206. The van der Waals surface area contributed by atoms with Crippen LogP contribution in [-0.4, -0.2) is 6.10 Å². The summed E-state index contributed by atoms with van der Waals surface area (Å²) in [7, 11) is 0. The van der Waals surface area contributed by atoms with Crippen molar-refractivity contribution in [3.63, 3.8) is 0 Å². The minimum absolute atomic E-state index is 0.0529. The molecule has 0 N–H and O–H groups in total. The summed E-state index contributed by atoms with van der Waals surface area (Å²) in [6.45, 7) is 20.4. The van der Waals surface area contributed by atoms with E-state index in [0.29, 0.717) is 0 Å². The standard InChI is InChI=1S/C63H56N2O2/c1-38-18-10-12-25-49(38)64(53-27-15-21-43-42-20-14-22-46(61(3,4)5)57(42)66-58(43)53)51-35-31-40-30-34-45-52(36-32-41-29-33-44(51)55(40)56(41)45)65(50-26-13-11-19-39(50)2)54-28-16-23-47-59(54)67-60-48(62(6,7)8)24-17-37-63(47,60)9/h10-37,60H,1-9H3.